The van der Waals surface area contributed by atoms with Crippen LogP contribution in [0.15, 0.2) is 106 Å². The minimum Gasteiger partial charge on any atom is -0.396 e. The van der Waals surface area contributed by atoms with Crippen LogP contribution in [0.5, 0.6) is 0 Å². The number of halogens is 1. The summed E-state index contributed by atoms with van der Waals surface area (Å²) in [6, 6.07) is 25.2. The van der Waals surface area contributed by atoms with Crippen LogP contribution in [0.25, 0.3) is 33.2 Å². The molecule has 0 radical (unpaired) electrons. The molecule has 0 aliphatic heterocycles. The van der Waals surface area contributed by atoms with Crippen molar-refractivity contribution >= 4 is 49.6 Å². The molecule has 0 spiro atoms. The molecule has 0 amide bonds. The smallest absolute Gasteiger partial charge is 0.295 e. The average molecular weight is 529 g/mol. The molecule has 0 bridgehead atoms. The van der Waals surface area contributed by atoms with Crippen LogP contribution in [0, 0.1) is 6.92 Å². The summed E-state index contributed by atoms with van der Waals surface area (Å²) in [7, 11) is -4.50. The van der Waals surface area contributed by atoms with Gasteiger partial charge in [-0.1, -0.05) is 65.7 Å². The Bertz CT molecular complexity index is 1790. The normalized spacial score (nSPS) is 11.9. The highest BCUT2D eigenvalue weighted by atomic mass is 35.5. The molecule has 0 fully saturated rings. The van der Waals surface area contributed by atoms with E-state index in [1.165, 1.54) is 6.07 Å². The van der Waals surface area contributed by atoms with Gasteiger partial charge in [0.05, 0.1) is 17.6 Å². The van der Waals surface area contributed by atoms with Gasteiger partial charge >= 0.3 is 0 Å². The van der Waals surface area contributed by atoms with E-state index in [0.29, 0.717) is 21.5 Å². The molecule has 9 heteroatoms. The fourth-order valence-electron chi connectivity index (χ4n) is 4.14. The first-order chi connectivity index (χ1) is 17.7. The molecule has 1 heterocycles. The van der Waals surface area contributed by atoms with Crippen molar-refractivity contribution in [3.63, 3.8) is 0 Å². The van der Waals surface area contributed by atoms with Gasteiger partial charge in [-0.15, -0.1) is 10.2 Å². The summed E-state index contributed by atoms with van der Waals surface area (Å²) < 4.78 is 33.6. The van der Waals surface area contributed by atoms with Crippen LogP contribution in [0.4, 0.5) is 17.1 Å². The fourth-order valence-corrected chi connectivity index (χ4v) is 5.05. The van der Waals surface area contributed by atoms with E-state index < -0.39 is 10.1 Å². The predicted octanol–water partition coefficient (Wildman–Crippen LogP) is 7.77. The molecule has 0 aliphatic carbocycles. The second-order valence-electron chi connectivity index (χ2n) is 8.49. The van der Waals surface area contributed by atoms with E-state index in [4.69, 9.17) is 17.3 Å². The number of nitrogen functional groups attached to an aromatic ring is 1. The maximum atomic E-state index is 12.0. The molecule has 0 aliphatic rings. The van der Waals surface area contributed by atoms with Gasteiger partial charge < -0.3 is 5.73 Å². The first kappa shape index (κ1) is 24.6. The number of nitrogens with zero attached hydrogens (tertiary/aromatic N) is 3. The van der Waals surface area contributed by atoms with E-state index >= 15 is 0 Å². The van der Waals surface area contributed by atoms with Gasteiger partial charge in [0.2, 0.25) is 0 Å². The number of rotatable bonds is 5. The first-order valence-corrected chi connectivity index (χ1v) is 13.1. The molecule has 4 aromatic carbocycles. The summed E-state index contributed by atoms with van der Waals surface area (Å²) in [6.45, 7) is 2.02. The van der Waals surface area contributed by atoms with E-state index in [1.54, 1.807) is 36.5 Å². The highest BCUT2D eigenvalue weighted by molar-refractivity contribution is 7.86. The first-order valence-electron chi connectivity index (χ1n) is 11.2. The van der Waals surface area contributed by atoms with Gasteiger partial charge in [-0.25, -0.2) is 0 Å². The molecule has 0 saturated carbocycles. The Morgan fingerprint density at radius 3 is 2.35 bits per heavy atom. The van der Waals surface area contributed by atoms with Crippen LogP contribution in [0.2, 0.25) is 5.02 Å². The van der Waals surface area contributed by atoms with Crippen molar-refractivity contribution < 1.29 is 13.0 Å². The minimum atomic E-state index is -4.50. The zero-order chi connectivity index (χ0) is 26.2. The highest BCUT2D eigenvalue weighted by Crippen LogP contribution is 2.37. The molecule has 37 heavy (non-hydrogen) atoms. The third-order valence-electron chi connectivity index (χ3n) is 5.91. The SMILES string of the molecule is Cc1ccc(-c2cccc(Cl)c2)c(-c2ccc(N=Nc3cc(S(=O)(=O)O)c4ccccc4c3N)cn2)c1. The number of hydrogen-bond acceptors (Lipinski definition) is 6. The van der Waals surface area contributed by atoms with Crippen molar-refractivity contribution in [2.45, 2.75) is 11.8 Å². The number of benzene rings is 4. The summed E-state index contributed by atoms with van der Waals surface area (Å²) in [5.74, 6) is 0. The Morgan fingerprint density at radius 2 is 1.65 bits per heavy atom. The quantitative estimate of drug-likeness (QED) is 0.137. The molecule has 7 nitrogen and oxygen atoms in total. The summed E-state index contributed by atoms with van der Waals surface area (Å²) in [5, 5.41) is 9.77. The van der Waals surface area contributed by atoms with Gasteiger partial charge in [-0.2, -0.15) is 8.42 Å². The van der Waals surface area contributed by atoms with Gasteiger partial charge in [0.15, 0.2) is 0 Å². The van der Waals surface area contributed by atoms with Crippen molar-refractivity contribution in [1.82, 2.24) is 4.98 Å². The van der Waals surface area contributed by atoms with Crippen LogP contribution in [0.3, 0.4) is 0 Å². The number of nitrogens with two attached hydrogens (primary N) is 1. The molecular formula is C28H21ClN4O3S. The summed E-state index contributed by atoms with van der Waals surface area (Å²) in [6.07, 6.45) is 1.57. The predicted molar refractivity (Wildman–Crippen MR) is 147 cm³/mol. The van der Waals surface area contributed by atoms with Gasteiger partial charge in [0.25, 0.3) is 10.1 Å². The van der Waals surface area contributed by atoms with Crippen LogP contribution in [-0.2, 0) is 10.1 Å². The highest BCUT2D eigenvalue weighted by Gasteiger charge is 2.18. The monoisotopic (exact) mass is 528 g/mol. The number of anilines is 1. The molecule has 0 atom stereocenters. The number of pyridine rings is 1. The van der Waals surface area contributed by atoms with Crippen molar-refractivity contribution in [3.05, 3.63) is 102 Å². The maximum absolute atomic E-state index is 12.0. The van der Waals surface area contributed by atoms with Gasteiger partial charge in [0, 0.05) is 21.4 Å². The number of aryl methyl sites for hydroxylation is 1. The number of fused-ring (bicyclic) bond motifs is 1. The largest absolute Gasteiger partial charge is 0.396 e. The molecule has 5 rings (SSSR count). The number of aromatic nitrogens is 1. The lowest BCUT2D eigenvalue weighted by Crippen LogP contribution is -2.01. The Kier molecular flexibility index (Phi) is 6.47. The Balaban J connectivity index is 1.51. The lowest BCUT2D eigenvalue weighted by Gasteiger charge is -2.11. The number of hydrogen-bond donors (Lipinski definition) is 2. The van der Waals surface area contributed by atoms with Crippen molar-refractivity contribution in [2.24, 2.45) is 10.2 Å². The lowest BCUT2D eigenvalue weighted by atomic mass is 9.95. The van der Waals surface area contributed by atoms with E-state index in [0.717, 1.165) is 27.9 Å². The molecule has 1 aromatic heterocycles. The standard InChI is InChI=1S/C28H21ClN4O3S/c1-17-9-11-21(18-5-4-6-19(29)14-18)24(13-17)25-12-10-20(16-31-25)32-33-26-15-27(37(34,35)36)22-7-2-3-8-23(22)28(26)30/h2-16H,30H2,1H3,(H,34,35,36). The molecule has 3 N–H and O–H groups in total. The molecule has 184 valence electrons. The lowest BCUT2D eigenvalue weighted by molar-refractivity contribution is 0.484. The molecule has 5 aromatic rings. The van der Waals surface area contributed by atoms with Crippen LogP contribution in [-0.4, -0.2) is 18.0 Å². The van der Waals surface area contributed by atoms with Crippen molar-refractivity contribution in [1.29, 1.82) is 0 Å². The molecular weight excluding hydrogens is 508 g/mol. The van der Waals surface area contributed by atoms with Gasteiger partial charge in [-0.05, 0) is 54.4 Å². The average Bonchev–Trinajstić information content (AvgIpc) is 2.88. The van der Waals surface area contributed by atoms with E-state index in [2.05, 4.69) is 21.3 Å². The van der Waals surface area contributed by atoms with Crippen LogP contribution >= 0.6 is 11.6 Å². The summed E-state index contributed by atoms with van der Waals surface area (Å²) in [5.41, 5.74) is 11.8. The van der Waals surface area contributed by atoms with Gasteiger partial charge in [0.1, 0.15) is 16.3 Å². The Hall–Kier alpha value is -4.11. The molecule has 0 saturated heterocycles. The second-order valence-corrected chi connectivity index (χ2v) is 10.3. The zero-order valence-electron chi connectivity index (χ0n) is 19.6. The number of azo groups is 1. The second kappa shape index (κ2) is 9.74. The minimum absolute atomic E-state index is 0.123. The maximum Gasteiger partial charge on any atom is 0.295 e. The Morgan fingerprint density at radius 1 is 0.865 bits per heavy atom. The van der Waals surface area contributed by atoms with Gasteiger partial charge in [-0.3, -0.25) is 9.54 Å². The summed E-state index contributed by atoms with van der Waals surface area (Å²) in [4.78, 5) is 4.30. The van der Waals surface area contributed by atoms with Crippen molar-refractivity contribution in [3.8, 4) is 22.4 Å². The van der Waals surface area contributed by atoms with E-state index in [9.17, 15) is 13.0 Å². The van der Waals surface area contributed by atoms with Crippen LogP contribution in [0.1, 0.15) is 5.56 Å². The van der Waals surface area contributed by atoms with Crippen molar-refractivity contribution in [2.75, 3.05) is 5.73 Å². The molecule has 0 unspecified atom stereocenters. The Labute approximate surface area is 219 Å². The summed E-state index contributed by atoms with van der Waals surface area (Å²) >= 11 is 6.21. The zero-order valence-corrected chi connectivity index (χ0v) is 21.2. The topological polar surface area (TPSA) is 118 Å². The third-order valence-corrected chi connectivity index (χ3v) is 7.04. The van der Waals surface area contributed by atoms with Crippen LogP contribution < -0.4 is 5.73 Å². The third kappa shape index (κ3) is 5.08. The van der Waals surface area contributed by atoms with E-state index in [-0.39, 0.29) is 16.3 Å². The van der Waals surface area contributed by atoms with E-state index in [1.807, 2.05) is 49.4 Å². The fraction of sp³-hybridized carbons (Fsp3) is 0.0357.